The summed E-state index contributed by atoms with van der Waals surface area (Å²) >= 11 is 1.60. The topological polar surface area (TPSA) is 46.4 Å². The van der Waals surface area contributed by atoms with E-state index in [1.165, 1.54) is 0 Å². The van der Waals surface area contributed by atoms with Crippen molar-refractivity contribution in [2.75, 3.05) is 18.5 Å². The third-order valence-corrected chi connectivity index (χ3v) is 5.73. The maximum atomic E-state index is 12.6. The highest BCUT2D eigenvalue weighted by molar-refractivity contribution is 8.03. The summed E-state index contributed by atoms with van der Waals surface area (Å²) in [6.07, 6.45) is 1.74. The minimum Gasteiger partial charge on any atom is -0.867 e. The van der Waals surface area contributed by atoms with Gasteiger partial charge in [0.25, 0.3) is 5.43 Å². The Kier molecular flexibility index (Phi) is 4.17. The van der Waals surface area contributed by atoms with Gasteiger partial charge in [-0.2, -0.15) is 4.58 Å². The molecule has 1 aliphatic rings. The number of benzene rings is 2. The molecule has 5 heteroatoms. The highest BCUT2D eigenvalue weighted by atomic mass is 32.2. The number of hydrogen-bond acceptors (Lipinski definition) is 4. The summed E-state index contributed by atoms with van der Waals surface area (Å²) in [4.78, 5) is 15.9. The predicted molar refractivity (Wildman–Crippen MR) is 105 cm³/mol. The molecule has 0 radical (unpaired) electrons. The van der Waals surface area contributed by atoms with E-state index in [9.17, 15) is 9.90 Å². The van der Waals surface area contributed by atoms with Gasteiger partial charge in [-0.15, -0.1) is 0 Å². The first kappa shape index (κ1) is 16.7. The summed E-state index contributed by atoms with van der Waals surface area (Å²) in [6.45, 7) is 2.85. The van der Waals surface area contributed by atoms with Crippen molar-refractivity contribution in [3.05, 3.63) is 80.8 Å². The number of rotatable bonds is 3. The first-order chi connectivity index (χ1) is 12.6. The van der Waals surface area contributed by atoms with Crippen LogP contribution in [0.15, 0.2) is 69.3 Å². The van der Waals surface area contributed by atoms with Crippen LogP contribution in [0.2, 0.25) is 0 Å². The van der Waals surface area contributed by atoms with Gasteiger partial charge in [-0.1, -0.05) is 42.1 Å². The molecule has 0 unspecified atom stereocenters. The van der Waals surface area contributed by atoms with E-state index in [4.69, 9.17) is 0 Å². The van der Waals surface area contributed by atoms with Crippen molar-refractivity contribution < 1.29 is 5.11 Å². The van der Waals surface area contributed by atoms with Gasteiger partial charge in [0.1, 0.15) is 7.05 Å². The summed E-state index contributed by atoms with van der Waals surface area (Å²) in [7, 11) is 1.75. The maximum absolute atomic E-state index is 12.6. The lowest BCUT2D eigenvalue weighted by Gasteiger charge is -2.19. The summed E-state index contributed by atoms with van der Waals surface area (Å²) in [6, 6.07) is 17.5. The molecule has 0 spiro atoms. The van der Waals surface area contributed by atoms with E-state index in [0.717, 1.165) is 27.8 Å². The molecule has 130 valence electrons. The fraction of sp³-hybridized carbons (Fsp3) is 0.143. The zero-order valence-corrected chi connectivity index (χ0v) is 15.4. The van der Waals surface area contributed by atoms with E-state index in [0.29, 0.717) is 0 Å². The van der Waals surface area contributed by atoms with Gasteiger partial charge in [0, 0.05) is 29.1 Å². The molecule has 0 saturated carbocycles. The zero-order valence-electron chi connectivity index (χ0n) is 14.6. The smallest absolute Gasteiger partial charge is 0.255 e. The summed E-state index contributed by atoms with van der Waals surface area (Å²) in [5, 5.41) is 13.8. The number of anilines is 1. The fourth-order valence-corrected chi connectivity index (χ4v) is 4.39. The van der Waals surface area contributed by atoms with E-state index in [2.05, 4.69) is 24.0 Å². The SMILES string of the molecule is CCN1C(=Cc2c([O-])c(=[N+](C)c3ccccc3)c2=O)Sc2ccccc21. The monoisotopic (exact) mass is 362 g/mol. The van der Waals surface area contributed by atoms with Crippen LogP contribution in [-0.4, -0.2) is 13.6 Å². The van der Waals surface area contributed by atoms with Crippen molar-refractivity contribution >= 4 is 29.2 Å². The number of nitrogens with zero attached hydrogens (tertiary/aromatic N) is 2. The lowest BCUT2D eigenvalue weighted by Crippen LogP contribution is -2.45. The Morgan fingerprint density at radius 1 is 1.12 bits per heavy atom. The van der Waals surface area contributed by atoms with Crippen molar-refractivity contribution in [3.63, 3.8) is 0 Å². The second-order valence-electron chi connectivity index (χ2n) is 6.11. The van der Waals surface area contributed by atoms with E-state index >= 15 is 0 Å². The largest absolute Gasteiger partial charge is 0.867 e. The second kappa shape index (κ2) is 6.50. The minimum atomic E-state index is -0.193. The Hall–Kier alpha value is -2.79. The minimum absolute atomic E-state index is 0.193. The van der Waals surface area contributed by atoms with Gasteiger partial charge in [-0.25, -0.2) is 0 Å². The molecular weight excluding hydrogens is 344 g/mol. The molecule has 0 fully saturated rings. The molecule has 0 atom stereocenters. The van der Waals surface area contributed by atoms with Crippen molar-refractivity contribution in [1.29, 1.82) is 0 Å². The molecule has 3 aromatic rings. The van der Waals surface area contributed by atoms with Crippen molar-refractivity contribution in [1.82, 2.24) is 4.58 Å². The van der Waals surface area contributed by atoms with Gasteiger partial charge in [0.05, 0.1) is 10.7 Å². The third-order valence-electron chi connectivity index (χ3n) is 4.62. The Morgan fingerprint density at radius 2 is 1.81 bits per heavy atom. The average molecular weight is 362 g/mol. The van der Waals surface area contributed by atoms with Gasteiger partial charge < -0.3 is 10.0 Å². The van der Waals surface area contributed by atoms with Gasteiger partial charge >= 0.3 is 0 Å². The molecule has 0 bridgehead atoms. The number of thioether (sulfide) groups is 1. The second-order valence-corrected chi connectivity index (χ2v) is 7.17. The first-order valence-corrected chi connectivity index (χ1v) is 9.31. The Labute approximate surface area is 156 Å². The van der Waals surface area contributed by atoms with Crippen LogP contribution in [0.3, 0.4) is 0 Å². The van der Waals surface area contributed by atoms with Crippen molar-refractivity contribution in [2.24, 2.45) is 0 Å². The molecule has 1 aliphatic heterocycles. The third kappa shape index (κ3) is 2.56. The lowest BCUT2D eigenvalue weighted by molar-refractivity contribution is -0.272. The van der Waals surface area contributed by atoms with Crippen molar-refractivity contribution in [2.45, 2.75) is 11.8 Å². The standard InChI is InChI=1S/C21H18N2O2S/c1-3-23-16-11-7-8-12-17(16)26-18(23)13-15-20(24)19(21(15)25)22(2)14-9-5-4-6-10-14/h4-13H,3H2,1-2H3. The molecule has 1 heterocycles. The maximum Gasteiger partial charge on any atom is 0.255 e. The molecule has 26 heavy (non-hydrogen) atoms. The zero-order chi connectivity index (χ0) is 18.3. The van der Waals surface area contributed by atoms with Crippen LogP contribution >= 0.6 is 11.8 Å². The van der Waals surface area contributed by atoms with E-state index in [1.807, 2.05) is 42.5 Å². The first-order valence-electron chi connectivity index (χ1n) is 8.50. The molecule has 4 rings (SSSR count). The quantitative estimate of drug-likeness (QED) is 0.672. The summed E-state index contributed by atoms with van der Waals surface area (Å²) < 4.78 is 1.67. The highest BCUT2D eigenvalue weighted by Crippen LogP contribution is 2.46. The number of hydrogen-bond donors (Lipinski definition) is 0. The number of para-hydroxylation sites is 2. The van der Waals surface area contributed by atoms with Gasteiger partial charge in [0.15, 0.2) is 0 Å². The van der Waals surface area contributed by atoms with Gasteiger partial charge in [-0.05, 0) is 30.9 Å². The predicted octanol–water partition coefficient (Wildman–Crippen LogP) is 2.66. The lowest BCUT2D eigenvalue weighted by atomic mass is 10.1. The Bertz CT molecular complexity index is 1090. The van der Waals surface area contributed by atoms with Crippen molar-refractivity contribution in [3.8, 4) is 5.75 Å². The van der Waals surface area contributed by atoms with Crippen LogP contribution in [0.5, 0.6) is 5.75 Å². The molecule has 0 aromatic heterocycles. The molecule has 0 saturated heterocycles. The van der Waals surface area contributed by atoms with Crippen LogP contribution in [-0.2, 0) is 0 Å². The molecule has 0 amide bonds. The summed E-state index contributed by atoms with van der Waals surface area (Å²) in [5.41, 5.74) is 2.02. The van der Waals surface area contributed by atoms with Gasteiger partial charge in [-0.3, -0.25) is 4.79 Å². The van der Waals surface area contributed by atoms with Crippen LogP contribution in [0.1, 0.15) is 12.5 Å². The summed E-state index contributed by atoms with van der Waals surface area (Å²) in [5.74, 6) is -0.193. The van der Waals surface area contributed by atoms with Gasteiger partial charge in [0.2, 0.25) is 11.0 Å². The average Bonchev–Trinajstić information content (AvgIpc) is 3.04. The Morgan fingerprint density at radius 3 is 2.50 bits per heavy atom. The van der Waals surface area contributed by atoms with Crippen LogP contribution in [0.4, 0.5) is 11.4 Å². The number of fused-ring (bicyclic) bond motifs is 1. The molecule has 0 N–H and O–H groups in total. The van der Waals surface area contributed by atoms with Crippen LogP contribution < -0.4 is 25.4 Å². The molecular formula is C21H18N2O2S. The fourth-order valence-electron chi connectivity index (χ4n) is 3.23. The molecule has 0 aliphatic carbocycles. The normalized spacial score (nSPS) is 16.2. The van der Waals surface area contributed by atoms with E-state index < -0.39 is 0 Å². The van der Waals surface area contributed by atoms with Crippen LogP contribution in [0, 0.1) is 0 Å². The van der Waals surface area contributed by atoms with E-state index in [-0.39, 0.29) is 22.1 Å². The Balaban J connectivity index is 1.76. The highest BCUT2D eigenvalue weighted by Gasteiger charge is 2.25. The molecule has 4 nitrogen and oxygen atoms in total. The molecule has 3 aromatic carbocycles. The van der Waals surface area contributed by atoms with Crippen LogP contribution in [0.25, 0.3) is 6.08 Å². The van der Waals surface area contributed by atoms with E-state index in [1.54, 1.807) is 29.5 Å².